The summed E-state index contributed by atoms with van der Waals surface area (Å²) in [5.41, 5.74) is 1.91. The van der Waals surface area contributed by atoms with Crippen molar-refractivity contribution in [2.45, 2.75) is 26.6 Å². The highest BCUT2D eigenvalue weighted by molar-refractivity contribution is 9.10. The molecule has 0 radical (unpaired) electrons. The summed E-state index contributed by atoms with van der Waals surface area (Å²) in [5, 5.41) is 2.60. The molecule has 1 N–H and O–H groups in total. The Morgan fingerprint density at radius 3 is 2.70 bits per heavy atom. The lowest BCUT2D eigenvalue weighted by atomic mass is 10.1. The maximum atomic E-state index is 12.7. The fourth-order valence-electron chi connectivity index (χ4n) is 3.01. The molecule has 3 rings (SSSR count). The molecule has 0 aliphatic carbocycles. The summed E-state index contributed by atoms with van der Waals surface area (Å²) in [7, 11) is 0. The van der Waals surface area contributed by atoms with Crippen LogP contribution in [0.25, 0.3) is 0 Å². The Labute approximate surface area is 180 Å². The number of hydrogen-bond donors (Lipinski definition) is 1. The second kappa shape index (κ2) is 9.67. The average molecular weight is 477 g/mol. The third-order valence-electron chi connectivity index (χ3n) is 4.38. The molecule has 0 atom stereocenters. The van der Waals surface area contributed by atoms with Crippen LogP contribution in [0.3, 0.4) is 0 Å². The number of nitrogens with zero attached hydrogens (tertiary/aromatic N) is 1. The number of pyridine rings is 1. The van der Waals surface area contributed by atoms with E-state index in [0.717, 1.165) is 11.1 Å². The maximum Gasteiger partial charge on any atom is 0.387 e. The number of alkyl halides is 2. The van der Waals surface area contributed by atoms with E-state index < -0.39 is 18.1 Å². The molecule has 1 amide bonds. The van der Waals surface area contributed by atoms with Gasteiger partial charge in [-0.1, -0.05) is 45.8 Å². The van der Waals surface area contributed by atoms with Crippen LogP contribution in [0.2, 0.25) is 0 Å². The first-order valence-corrected chi connectivity index (χ1v) is 9.89. The number of aromatic nitrogens is 1. The smallest absolute Gasteiger partial charge is 0.387 e. The van der Waals surface area contributed by atoms with Gasteiger partial charge in [-0.05, 0) is 42.8 Å². The number of aryl methyl sites for hydroxylation is 1. The molecule has 156 valence electrons. The Bertz CT molecular complexity index is 1120. The first kappa shape index (κ1) is 21.7. The lowest BCUT2D eigenvalue weighted by Gasteiger charge is -2.13. The van der Waals surface area contributed by atoms with Crippen molar-refractivity contribution in [3.8, 4) is 5.75 Å². The van der Waals surface area contributed by atoms with E-state index in [9.17, 15) is 18.4 Å². The van der Waals surface area contributed by atoms with Gasteiger partial charge in [0.1, 0.15) is 11.3 Å². The van der Waals surface area contributed by atoms with Crippen molar-refractivity contribution in [1.82, 2.24) is 9.88 Å². The van der Waals surface area contributed by atoms with E-state index >= 15 is 0 Å². The summed E-state index contributed by atoms with van der Waals surface area (Å²) in [6.07, 6.45) is 1.62. The molecular formula is C22H19BrF2N2O3. The Morgan fingerprint density at radius 1 is 1.17 bits per heavy atom. The number of hydrogen-bond acceptors (Lipinski definition) is 3. The Balaban J connectivity index is 1.77. The van der Waals surface area contributed by atoms with Gasteiger partial charge in [-0.15, -0.1) is 0 Å². The molecule has 0 bridgehead atoms. The van der Waals surface area contributed by atoms with Crippen LogP contribution >= 0.6 is 15.9 Å². The Hall–Kier alpha value is -3.00. The van der Waals surface area contributed by atoms with Crippen molar-refractivity contribution in [3.63, 3.8) is 0 Å². The van der Waals surface area contributed by atoms with Gasteiger partial charge in [-0.2, -0.15) is 8.78 Å². The Morgan fingerprint density at radius 2 is 1.97 bits per heavy atom. The van der Waals surface area contributed by atoms with E-state index in [0.29, 0.717) is 16.6 Å². The molecule has 2 aromatic carbocycles. The number of halogens is 3. The van der Waals surface area contributed by atoms with Gasteiger partial charge < -0.3 is 14.6 Å². The molecule has 0 saturated heterocycles. The minimum Gasteiger partial charge on any atom is -0.434 e. The lowest BCUT2D eigenvalue weighted by molar-refractivity contribution is -0.0504. The van der Waals surface area contributed by atoms with Crippen LogP contribution in [0, 0.1) is 6.92 Å². The van der Waals surface area contributed by atoms with E-state index in [4.69, 9.17) is 0 Å². The summed E-state index contributed by atoms with van der Waals surface area (Å²) in [6.45, 7) is -0.764. The van der Waals surface area contributed by atoms with Crippen LogP contribution in [0.15, 0.2) is 70.1 Å². The molecule has 0 unspecified atom stereocenters. The highest BCUT2D eigenvalue weighted by Gasteiger charge is 2.15. The first-order valence-electron chi connectivity index (χ1n) is 9.10. The predicted octanol–water partition coefficient (Wildman–Crippen LogP) is 4.50. The average Bonchev–Trinajstić information content (AvgIpc) is 2.69. The molecule has 1 aromatic heterocycles. The molecule has 5 nitrogen and oxygen atoms in total. The second-order valence-electron chi connectivity index (χ2n) is 6.66. The predicted molar refractivity (Wildman–Crippen MR) is 113 cm³/mol. The largest absolute Gasteiger partial charge is 0.434 e. The van der Waals surface area contributed by atoms with Crippen molar-refractivity contribution < 1.29 is 18.3 Å². The first-order chi connectivity index (χ1) is 14.3. The summed E-state index contributed by atoms with van der Waals surface area (Å²) in [5.74, 6) is -0.639. The summed E-state index contributed by atoms with van der Waals surface area (Å²) >= 11 is 3.26. The molecule has 8 heteroatoms. The quantitative estimate of drug-likeness (QED) is 0.546. The molecule has 0 aliphatic heterocycles. The normalized spacial score (nSPS) is 10.8. The molecular weight excluding hydrogens is 458 g/mol. The maximum absolute atomic E-state index is 12.7. The fourth-order valence-corrected chi connectivity index (χ4v) is 3.42. The molecule has 30 heavy (non-hydrogen) atoms. The van der Waals surface area contributed by atoms with E-state index in [1.807, 2.05) is 31.2 Å². The van der Waals surface area contributed by atoms with Crippen LogP contribution < -0.4 is 15.6 Å². The van der Waals surface area contributed by atoms with Crippen LogP contribution in [0.4, 0.5) is 8.78 Å². The van der Waals surface area contributed by atoms with Crippen molar-refractivity contribution >= 4 is 21.8 Å². The van der Waals surface area contributed by atoms with Crippen LogP contribution in [-0.4, -0.2) is 17.1 Å². The minimum absolute atomic E-state index is 0.0310. The number of ether oxygens (including phenoxy) is 1. The van der Waals surface area contributed by atoms with Gasteiger partial charge >= 0.3 is 6.61 Å². The fraction of sp³-hybridized carbons (Fsp3) is 0.182. The summed E-state index contributed by atoms with van der Waals surface area (Å²) < 4.78 is 31.8. The van der Waals surface area contributed by atoms with E-state index in [-0.39, 0.29) is 17.9 Å². The topological polar surface area (TPSA) is 60.3 Å². The summed E-state index contributed by atoms with van der Waals surface area (Å²) in [4.78, 5) is 25.3. The number of rotatable bonds is 7. The number of nitrogens with one attached hydrogen (secondary N) is 1. The third-order valence-corrected chi connectivity index (χ3v) is 4.87. The zero-order valence-electron chi connectivity index (χ0n) is 16.1. The second-order valence-corrected chi connectivity index (χ2v) is 7.57. The number of carbonyl (C=O) groups is 1. The zero-order chi connectivity index (χ0) is 21.7. The Kier molecular flexibility index (Phi) is 6.99. The van der Waals surface area contributed by atoms with Crippen LogP contribution in [0.5, 0.6) is 5.75 Å². The van der Waals surface area contributed by atoms with Gasteiger partial charge in [-0.25, -0.2) is 0 Å². The van der Waals surface area contributed by atoms with Crippen molar-refractivity contribution in [2.24, 2.45) is 0 Å². The molecule has 0 aliphatic rings. The molecule has 3 aromatic rings. The number of benzene rings is 2. The SMILES string of the molecule is Cc1cccc(Cn2cccc(C(=O)NCc3cc(Br)ccc3OC(F)F)c2=O)c1. The van der Waals surface area contributed by atoms with Gasteiger partial charge in [-0.3, -0.25) is 9.59 Å². The van der Waals surface area contributed by atoms with Gasteiger partial charge in [0, 0.05) is 22.8 Å². The van der Waals surface area contributed by atoms with Crippen molar-refractivity contribution in [3.05, 3.63) is 97.9 Å². The zero-order valence-corrected chi connectivity index (χ0v) is 17.7. The minimum atomic E-state index is -2.98. The van der Waals surface area contributed by atoms with Crippen molar-refractivity contribution in [1.29, 1.82) is 0 Å². The molecule has 1 heterocycles. The molecule has 0 fully saturated rings. The third kappa shape index (κ3) is 5.54. The van der Waals surface area contributed by atoms with Gasteiger partial charge in [0.15, 0.2) is 0 Å². The van der Waals surface area contributed by atoms with Gasteiger partial charge in [0.05, 0.1) is 6.54 Å². The lowest BCUT2D eigenvalue weighted by Crippen LogP contribution is -2.32. The van der Waals surface area contributed by atoms with Gasteiger partial charge in [0.25, 0.3) is 11.5 Å². The van der Waals surface area contributed by atoms with E-state index in [1.165, 1.54) is 16.7 Å². The standard InChI is InChI=1S/C22H19BrF2N2O3/c1-14-4-2-5-15(10-14)13-27-9-3-6-18(21(27)29)20(28)26-12-16-11-17(23)7-8-19(16)30-22(24)25/h2-11,22H,12-13H2,1H3,(H,26,28). The number of amides is 1. The van der Waals surface area contributed by atoms with E-state index in [1.54, 1.807) is 24.4 Å². The van der Waals surface area contributed by atoms with Crippen molar-refractivity contribution in [2.75, 3.05) is 0 Å². The summed E-state index contributed by atoms with van der Waals surface area (Å²) in [6, 6.07) is 15.3. The molecule has 0 saturated carbocycles. The van der Waals surface area contributed by atoms with E-state index in [2.05, 4.69) is 26.0 Å². The monoisotopic (exact) mass is 476 g/mol. The highest BCUT2D eigenvalue weighted by Crippen LogP contribution is 2.24. The van der Waals surface area contributed by atoms with Gasteiger partial charge in [0.2, 0.25) is 0 Å². The number of carbonyl (C=O) groups excluding carboxylic acids is 1. The highest BCUT2D eigenvalue weighted by atomic mass is 79.9. The molecule has 0 spiro atoms. The van der Waals surface area contributed by atoms with Crippen LogP contribution in [-0.2, 0) is 13.1 Å². The van der Waals surface area contributed by atoms with Crippen LogP contribution in [0.1, 0.15) is 27.0 Å².